The second-order valence-corrected chi connectivity index (χ2v) is 5.40. The topological polar surface area (TPSA) is 29.9 Å². The first-order valence-electron chi connectivity index (χ1n) is 7.18. The van der Waals surface area contributed by atoms with E-state index in [1.165, 1.54) is 30.5 Å². The normalized spacial score (nSPS) is 16.3. The van der Waals surface area contributed by atoms with Gasteiger partial charge in [0.15, 0.2) is 0 Å². The van der Waals surface area contributed by atoms with Gasteiger partial charge in [-0.15, -0.1) is 0 Å². The van der Waals surface area contributed by atoms with E-state index < -0.39 is 0 Å². The zero-order valence-corrected chi connectivity index (χ0v) is 11.4. The molecule has 0 radical (unpaired) electrons. The predicted octanol–water partition coefficient (Wildman–Crippen LogP) is 3.53. The second-order valence-electron chi connectivity index (χ2n) is 5.40. The van der Waals surface area contributed by atoms with Crippen LogP contribution in [0.5, 0.6) is 0 Å². The number of hydrogen-bond acceptors (Lipinski definition) is 2. The molecule has 0 bridgehead atoms. The van der Waals surface area contributed by atoms with Crippen molar-refractivity contribution in [1.29, 1.82) is 0 Å². The molecule has 100 valence electrons. The summed E-state index contributed by atoms with van der Waals surface area (Å²) in [6, 6.07) is 11.3. The van der Waals surface area contributed by atoms with Gasteiger partial charge in [-0.2, -0.15) is 5.10 Å². The number of nitrogens with zero attached hydrogens (tertiary/aromatic N) is 2. The van der Waals surface area contributed by atoms with Crippen LogP contribution in [0.2, 0.25) is 0 Å². The Bertz CT molecular complexity index is 497. The molecule has 1 aromatic heterocycles. The highest BCUT2D eigenvalue weighted by Gasteiger charge is 2.29. The molecule has 0 aliphatic heterocycles. The standard InChI is InChI=1S/C16H21N3/c1-2-16(14-6-7-14)18-15-8-4-13(5-9-15)12-19-11-3-10-17-19/h3-5,8-11,14,16,18H,2,6-7,12H2,1H3. The van der Waals surface area contributed by atoms with Crippen molar-refractivity contribution in [3.63, 3.8) is 0 Å². The third kappa shape index (κ3) is 3.16. The maximum atomic E-state index is 4.23. The molecular formula is C16H21N3. The number of benzene rings is 1. The fourth-order valence-electron chi connectivity index (χ4n) is 2.55. The van der Waals surface area contributed by atoms with Gasteiger partial charge in [0.05, 0.1) is 6.54 Å². The van der Waals surface area contributed by atoms with Crippen LogP contribution < -0.4 is 5.32 Å². The van der Waals surface area contributed by atoms with E-state index >= 15 is 0 Å². The summed E-state index contributed by atoms with van der Waals surface area (Å²) in [6.07, 6.45) is 7.80. The lowest BCUT2D eigenvalue weighted by atomic mass is 10.1. The molecule has 1 aliphatic carbocycles. The smallest absolute Gasteiger partial charge is 0.0659 e. The van der Waals surface area contributed by atoms with E-state index in [1.54, 1.807) is 0 Å². The summed E-state index contributed by atoms with van der Waals surface area (Å²) >= 11 is 0. The van der Waals surface area contributed by atoms with Crippen LogP contribution in [-0.4, -0.2) is 15.8 Å². The van der Waals surface area contributed by atoms with E-state index in [0.29, 0.717) is 6.04 Å². The van der Waals surface area contributed by atoms with Gasteiger partial charge in [-0.1, -0.05) is 19.1 Å². The molecule has 3 nitrogen and oxygen atoms in total. The van der Waals surface area contributed by atoms with Crippen LogP contribution in [0.25, 0.3) is 0 Å². The first-order valence-corrected chi connectivity index (χ1v) is 7.18. The van der Waals surface area contributed by atoms with Gasteiger partial charge >= 0.3 is 0 Å². The zero-order valence-electron chi connectivity index (χ0n) is 11.4. The second kappa shape index (κ2) is 5.47. The van der Waals surface area contributed by atoms with E-state index in [1.807, 2.05) is 23.1 Å². The van der Waals surface area contributed by atoms with Crippen molar-refractivity contribution in [3.8, 4) is 0 Å². The molecular weight excluding hydrogens is 234 g/mol. The Morgan fingerprint density at radius 3 is 2.68 bits per heavy atom. The van der Waals surface area contributed by atoms with Crippen LogP contribution in [0.4, 0.5) is 5.69 Å². The fraction of sp³-hybridized carbons (Fsp3) is 0.438. The Morgan fingerprint density at radius 1 is 1.32 bits per heavy atom. The number of rotatable bonds is 6. The molecule has 3 rings (SSSR count). The summed E-state index contributed by atoms with van der Waals surface area (Å²) in [5.74, 6) is 0.897. The first kappa shape index (κ1) is 12.3. The molecule has 1 saturated carbocycles. The summed E-state index contributed by atoms with van der Waals surface area (Å²) in [7, 11) is 0. The van der Waals surface area contributed by atoms with E-state index in [4.69, 9.17) is 0 Å². The molecule has 19 heavy (non-hydrogen) atoms. The highest BCUT2D eigenvalue weighted by molar-refractivity contribution is 5.45. The van der Waals surface area contributed by atoms with Crippen molar-refractivity contribution in [3.05, 3.63) is 48.3 Å². The van der Waals surface area contributed by atoms with Crippen molar-refractivity contribution in [2.45, 2.75) is 38.8 Å². The fourth-order valence-corrected chi connectivity index (χ4v) is 2.55. The predicted molar refractivity (Wildman–Crippen MR) is 78.2 cm³/mol. The summed E-state index contributed by atoms with van der Waals surface area (Å²) < 4.78 is 1.95. The van der Waals surface area contributed by atoms with Crippen molar-refractivity contribution in [2.24, 2.45) is 5.92 Å². The highest BCUT2D eigenvalue weighted by Crippen LogP contribution is 2.35. The van der Waals surface area contributed by atoms with Gasteiger partial charge in [-0.3, -0.25) is 4.68 Å². The van der Waals surface area contributed by atoms with E-state index in [9.17, 15) is 0 Å². The monoisotopic (exact) mass is 255 g/mol. The van der Waals surface area contributed by atoms with Gasteiger partial charge in [0, 0.05) is 24.1 Å². The summed E-state index contributed by atoms with van der Waals surface area (Å²) in [5.41, 5.74) is 2.52. The Labute approximate surface area is 114 Å². The van der Waals surface area contributed by atoms with Gasteiger partial charge in [-0.25, -0.2) is 0 Å². The summed E-state index contributed by atoms with van der Waals surface area (Å²) in [4.78, 5) is 0. The van der Waals surface area contributed by atoms with Gasteiger partial charge in [0.25, 0.3) is 0 Å². The molecule has 1 unspecified atom stereocenters. The van der Waals surface area contributed by atoms with Crippen molar-refractivity contribution in [2.75, 3.05) is 5.32 Å². The zero-order chi connectivity index (χ0) is 13.1. The lowest BCUT2D eigenvalue weighted by Gasteiger charge is -2.17. The average Bonchev–Trinajstić information content (AvgIpc) is 3.16. The maximum Gasteiger partial charge on any atom is 0.0659 e. The number of hydrogen-bond donors (Lipinski definition) is 1. The Morgan fingerprint density at radius 2 is 2.11 bits per heavy atom. The molecule has 1 aromatic carbocycles. The van der Waals surface area contributed by atoms with Crippen LogP contribution in [0, 0.1) is 5.92 Å². The molecule has 0 spiro atoms. The Balaban J connectivity index is 1.61. The van der Waals surface area contributed by atoms with Gasteiger partial charge in [-0.05, 0) is 48.9 Å². The maximum absolute atomic E-state index is 4.23. The number of nitrogens with one attached hydrogen (secondary N) is 1. The molecule has 1 N–H and O–H groups in total. The minimum absolute atomic E-state index is 0.650. The Hall–Kier alpha value is -1.77. The quantitative estimate of drug-likeness (QED) is 0.855. The van der Waals surface area contributed by atoms with Crippen LogP contribution in [0.15, 0.2) is 42.7 Å². The molecule has 2 aromatic rings. The first-order chi connectivity index (χ1) is 9.35. The van der Waals surface area contributed by atoms with Gasteiger partial charge in [0.1, 0.15) is 0 Å². The molecule has 1 aliphatic rings. The highest BCUT2D eigenvalue weighted by atomic mass is 15.3. The third-order valence-corrected chi connectivity index (χ3v) is 3.84. The lowest BCUT2D eigenvalue weighted by molar-refractivity contribution is 0.616. The molecule has 0 amide bonds. The van der Waals surface area contributed by atoms with Crippen LogP contribution in [0.3, 0.4) is 0 Å². The Kier molecular flexibility index (Phi) is 3.53. The summed E-state index contributed by atoms with van der Waals surface area (Å²) in [6.45, 7) is 3.11. The minimum Gasteiger partial charge on any atom is -0.382 e. The largest absolute Gasteiger partial charge is 0.382 e. The minimum atomic E-state index is 0.650. The van der Waals surface area contributed by atoms with Gasteiger partial charge < -0.3 is 5.32 Å². The number of anilines is 1. The molecule has 1 heterocycles. The molecule has 0 saturated heterocycles. The van der Waals surface area contributed by atoms with Gasteiger partial charge in [0.2, 0.25) is 0 Å². The summed E-state index contributed by atoms with van der Waals surface area (Å²) in [5, 5.41) is 7.88. The third-order valence-electron chi connectivity index (χ3n) is 3.84. The number of aromatic nitrogens is 2. The van der Waals surface area contributed by atoms with E-state index in [0.717, 1.165) is 12.5 Å². The lowest BCUT2D eigenvalue weighted by Crippen LogP contribution is -2.20. The molecule has 1 atom stereocenters. The van der Waals surface area contributed by atoms with Crippen LogP contribution in [-0.2, 0) is 6.54 Å². The molecule has 1 fully saturated rings. The molecule has 3 heteroatoms. The van der Waals surface area contributed by atoms with Crippen LogP contribution in [0.1, 0.15) is 31.7 Å². The van der Waals surface area contributed by atoms with E-state index in [2.05, 4.69) is 41.6 Å². The van der Waals surface area contributed by atoms with Crippen molar-refractivity contribution in [1.82, 2.24) is 9.78 Å². The van der Waals surface area contributed by atoms with Crippen molar-refractivity contribution < 1.29 is 0 Å². The average molecular weight is 255 g/mol. The van der Waals surface area contributed by atoms with Crippen molar-refractivity contribution >= 4 is 5.69 Å². The SMILES string of the molecule is CCC(Nc1ccc(Cn2cccn2)cc1)C1CC1. The van der Waals surface area contributed by atoms with Crippen LogP contribution >= 0.6 is 0 Å². The van der Waals surface area contributed by atoms with E-state index in [-0.39, 0.29) is 0 Å².